The van der Waals surface area contributed by atoms with Crippen LogP contribution in [-0.2, 0) is 9.59 Å². The predicted octanol–water partition coefficient (Wildman–Crippen LogP) is 3.50. The number of nitro groups is 1. The SMILES string of the molecule is O=C(c1cccc([N+](=O)[O-])c1)[C@@H]1[C@@H]2C(=O)N(c3ccc(Cl)cc3Cl)C(=O)[C@@H]2[C@H]2C=CC=NN21. The molecule has 9 nitrogen and oxygen atoms in total. The van der Waals surface area contributed by atoms with E-state index in [1.807, 2.05) is 0 Å². The van der Waals surface area contributed by atoms with Crippen LogP contribution in [0.2, 0.25) is 10.0 Å². The number of halogens is 2. The molecule has 4 atom stereocenters. The van der Waals surface area contributed by atoms with Crippen molar-refractivity contribution in [3.8, 4) is 0 Å². The van der Waals surface area contributed by atoms with E-state index in [0.29, 0.717) is 5.02 Å². The number of carbonyl (C=O) groups excluding carboxylic acids is 3. The summed E-state index contributed by atoms with van der Waals surface area (Å²) in [6, 6.07) is 7.95. The summed E-state index contributed by atoms with van der Waals surface area (Å²) in [7, 11) is 0. The molecule has 0 aliphatic carbocycles. The van der Waals surface area contributed by atoms with Crippen LogP contribution in [0.5, 0.6) is 0 Å². The van der Waals surface area contributed by atoms with Crippen molar-refractivity contribution in [3.63, 3.8) is 0 Å². The molecule has 2 saturated heterocycles. The molecule has 0 aromatic heterocycles. The number of hydrogen-bond acceptors (Lipinski definition) is 7. The lowest BCUT2D eigenvalue weighted by atomic mass is 9.86. The van der Waals surface area contributed by atoms with Gasteiger partial charge in [0.2, 0.25) is 11.8 Å². The summed E-state index contributed by atoms with van der Waals surface area (Å²) < 4.78 is 0. The second-order valence-corrected chi connectivity index (χ2v) is 8.64. The largest absolute Gasteiger partial charge is 0.292 e. The Bertz CT molecular complexity index is 1290. The van der Waals surface area contributed by atoms with Crippen LogP contribution < -0.4 is 4.90 Å². The fourth-order valence-corrected chi connectivity index (χ4v) is 5.17. The number of hydrogen-bond donors (Lipinski definition) is 0. The Morgan fingerprint density at radius 3 is 2.55 bits per heavy atom. The third-order valence-corrected chi connectivity index (χ3v) is 6.59. The average Bonchev–Trinajstić information content (AvgIpc) is 3.27. The molecule has 2 amide bonds. The minimum atomic E-state index is -1.12. The van der Waals surface area contributed by atoms with Crippen LogP contribution in [-0.4, -0.2) is 45.8 Å². The third-order valence-electron chi connectivity index (χ3n) is 6.05. The minimum Gasteiger partial charge on any atom is -0.292 e. The first kappa shape index (κ1) is 21.3. The molecule has 0 spiro atoms. The summed E-state index contributed by atoms with van der Waals surface area (Å²) in [6.45, 7) is 0. The van der Waals surface area contributed by atoms with Crippen molar-refractivity contribution >= 4 is 58.4 Å². The van der Waals surface area contributed by atoms with Crippen LogP contribution >= 0.6 is 23.2 Å². The van der Waals surface area contributed by atoms with Gasteiger partial charge < -0.3 is 0 Å². The van der Waals surface area contributed by atoms with Crippen molar-refractivity contribution in [2.75, 3.05) is 4.90 Å². The van der Waals surface area contributed by atoms with Gasteiger partial charge in [0.05, 0.1) is 33.5 Å². The molecular formula is C22H14Cl2N4O5. The van der Waals surface area contributed by atoms with Gasteiger partial charge in [0.15, 0.2) is 5.78 Å². The molecule has 2 fully saturated rings. The van der Waals surface area contributed by atoms with Crippen molar-refractivity contribution in [3.05, 3.63) is 80.3 Å². The lowest BCUT2D eigenvalue weighted by Gasteiger charge is -2.30. The number of ketones is 1. The first-order chi connectivity index (χ1) is 15.8. The number of allylic oxidation sites excluding steroid dienone is 1. The van der Waals surface area contributed by atoms with Crippen molar-refractivity contribution in [1.29, 1.82) is 0 Å². The summed E-state index contributed by atoms with van der Waals surface area (Å²) in [6.07, 6.45) is 4.83. The van der Waals surface area contributed by atoms with E-state index < -0.39 is 46.4 Å². The van der Waals surface area contributed by atoms with E-state index in [-0.39, 0.29) is 22.0 Å². The number of fused-ring (bicyclic) bond motifs is 3. The van der Waals surface area contributed by atoms with Crippen LogP contribution in [0.3, 0.4) is 0 Å². The number of non-ortho nitro benzene ring substituents is 1. The van der Waals surface area contributed by atoms with Gasteiger partial charge in [-0.25, -0.2) is 4.90 Å². The van der Waals surface area contributed by atoms with E-state index in [1.165, 1.54) is 47.6 Å². The quantitative estimate of drug-likeness (QED) is 0.284. The topological polar surface area (TPSA) is 113 Å². The Balaban J connectivity index is 1.59. The van der Waals surface area contributed by atoms with E-state index in [9.17, 15) is 24.5 Å². The molecule has 166 valence electrons. The maximum atomic E-state index is 13.6. The smallest absolute Gasteiger partial charge is 0.270 e. The zero-order valence-electron chi connectivity index (χ0n) is 16.7. The number of anilines is 1. The molecule has 3 heterocycles. The van der Waals surface area contributed by atoms with Gasteiger partial charge >= 0.3 is 0 Å². The zero-order chi connectivity index (χ0) is 23.4. The molecule has 2 aromatic rings. The molecule has 5 rings (SSSR count). The van der Waals surface area contributed by atoms with Gasteiger partial charge in [-0.05, 0) is 24.3 Å². The van der Waals surface area contributed by atoms with E-state index in [2.05, 4.69) is 5.10 Å². The predicted molar refractivity (Wildman–Crippen MR) is 120 cm³/mol. The first-order valence-corrected chi connectivity index (χ1v) is 10.7. The molecule has 0 unspecified atom stereocenters. The lowest BCUT2D eigenvalue weighted by Crippen LogP contribution is -2.46. The first-order valence-electron chi connectivity index (χ1n) is 9.90. The van der Waals surface area contributed by atoms with Gasteiger partial charge in [0.1, 0.15) is 6.04 Å². The molecule has 0 N–H and O–H groups in total. The Hall–Kier alpha value is -3.56. The highest BCUT2D eigenvalue weighted by Gasteiger charge is 2.64. The van der Waals surface area contributed by atoms with Crippen LogP contribution in [0, 0.1) is 22.0 Å². The van der Waals surface area contributed by atoms with Crippen molar-refractivity contribution < 1.29 is 19.3 Å². The highest BCUT2D eigenvalue weighted by Crippen LogP contribution is 2.47. The van der Waals surface area contributed by atoms with Crippen molar-refractivity contribution in [2.24, 2.45) is 16.9 Å². The number of nitrogens with zero attached hydrogens (tertiary/aromatic N) is 4. The summed E-state index contributed by atoms with van der Waals surface area (Å²) in [5.74, 6) is -3.53. The number of carbonyl (C=O) groups is 3. The number of benzene rings is 2. The summed E-state index contributed by atoms with van der Waals surface area (Å²) in [5.41, 5.74) is -0.0131. The molecule has 3 aliphatic rings. The van der Waals surface area contributed by atoms with Gasteiger partial charge in [-0.15, -0.1) is 0 Å². The number of Topliss-reactive ketones (excluding diaryl/α,β-unsaturated/α-hetero) is 1. The lowest BCUT2D eigenvalue weighted by molar-refractivity contribution is -0.384. The van der Waals surface area contributed by atoms with Crippen LogP contribution in [0.4, 0.5) is 11.4 Å². The number of amides is 2. The zero-order valence-corrected chi connectivity index (χ0v) is 18.2. The van der Waals surface area contributed by atoms with Crippen LogP contribution in [0.1, 0.15) is 10.4 Å². The van der Waals surface area contributed by atoms with Crippen LogP contribution in [0.25, 0.3) is 0 Å². The molecule has 33 heavy (non-hydrogen) atoms. The monoisotopic (exact) mass is 484 g/mol. The summed E-state index contributed by atoms with van der Waals surface area (Å²) in [4.78, 5) is 52.1. The highest BCUT2D eigenvalue weighted by molar-refractivity contribution is 6.38. The average molecular weight is 485 g/mol. The molecular weight excluding hydrogens is 471 g/mol. The van der Waals surface area contributed by atoms with E-state index in [1.54, 1.807) is 12.2 Å². The second-order valence-electron chi connectivity index (χ2n) is 7.80. The summed E-state index contributed by atoms with van der Waals surface area (Å²) >= 11 is 12.2. The number of hydrazone groups is 1. The summed E-state index contributed by atoms with van der Waals surface area (Å²) in [5, 5.41) is 17.3. The van der Waals surface area contributed by atoms with Crippen molar-refractivity contribution in [1.82, 2.24) is 5.01 Å². The standard InChI is InChI=1S/C22H14Cl2N4O5/c23-12-6-7-15(14(24)10-12)26-21(30)17-16-5-2-8-25-27(16)19(18(17)22(26)31)20(29)11-3-1-4-13(9-11)28(32)33/h1-10,16-19H/t16-,17-,18-,19+/m1/s1. The van der Waals surface area contributed by atoms with Gasteiger partial charge in [-0.2, -0.15) is 5.10 Å². The maximum absolute atomic E-state index is 13.6. The normalized spacial score (nSPS) is 25.4. The minimum absolute atomic E-state index is 0.0570. The second kappa shape index (κ2) is 7.79. The van der Waals surface area contributed by atoms with Crippen LogP contribution in [0.15, 0.2) is 59.7 Å². The Labute approximate surface area is 197 Å². The van der Waals surface area contributed by atoms with Gasteiger partial charge in [-0.3, -0.25) is 29.5 Å². The van der Waals surface area contributed by atoms with Gasteiger partial charge in [-0.1, -0.05) is 41.4 Å². The molecule has 0 saturated carbocycles. The number of rotatable bonds is 4. The molecule has 11 heteroatoms. The fourth-order valence-electron chi connectivity index (χ4n) is 4.68. The maximum Gasteiger partial charge on any atom is 0.270 e. The molecule has 0 radical (unpaired) electrons. The number of imide groups is 1. The Morgan fingerprint density at radius 2 is 1.82 bits per heavy atom. The molecule has 3 aliphatic heterocycles. The van der Waals surface area contributed by atoms with Gasteiger partial charge in [0.25, 0.3) is 5.69 Å². The van der Waals surface area contributed by atoms with E-state index >= 15 is 0 Å². The Morgan fingerprint density at radius 1 is 1.06 bits per heavy atom. The van der Waals surface area contributed by atoms with E-state index in [0.717, 1.165) is 11.0 Å². The fraction of sp³-hybridized carbons (Fsp3) is 0.182. The van der Waals surface area contributed by atoms with Gasteiger partial charge in [0, 0.05) is 28.9 Å². The molecule has 0 bridgehead atoms. The Kier molecular flexibility index (Phi) is 5.02. The van der Waals surface area contributed by atoms with E-state index in [4.69, 9.17) is 23.2 Å². The third kappa shape index (κ3) is 3.23. The highest BCUT2D eigenvalue weighted by atomic mass is 35.5. The molecule has 2 aromatic carbocycles. The van der Waals surface area contributed by atoms with Crippen molar-refractivity contribution in [2.45, 2.75) is 12.1 Å². The number of nitro benzene ring substituents is 1.